The minimum Gasteiger partial charge on any atom is -0.366 e. The van der Waals surface area contributed by atoms with Crippen LogP contribution in [-0.2, 0) is 6.54 Å². The fourth-order valence-corrected chi connectivity index (χ4v) is 1.73. The summed E-state index contributed by atoms with van der Waals surface area (Å²) in [5.74, 6) is 0.337. The van der Waals surface area contributed by atoms with Gasteiger partial charge in [0.2, 0.25) is 0 Å². The first-order valence-electron chi connectivity index (χ1n) is 4.84. The topological polar surface area (TPSA) is 24.9 Å². The Balaban J connectivity index is 2.02. The maximum absolute atomic E-state index is 12.6. The highest BCUT2D eigenvalue weighted by molar-refractivity contribution is 9.10. The number of hydrogen-bond donors (Lipinski definition) is 1. The number of pyridine rings is 1. The third-order valence-corrected chi connectivity index (χ3v) is 2.92. The van der Waals surface area contributed by atoms with E-state index >= 15 is 0 Å². The van der Waals surface area contributed by atoms with Crippen LogP contribution in [0.4, 0.5) is 10.2 Å². The smallest absolute Gasteiger partial charge is 0.141 e. The highest BCUT2D eigenvalue weighted by atomic mass is 79.9. The third-order valence-electron chi connectivity index (χ3n) is 2.15. The van der Waals surface area contributed by atoms with Gasteiger partial charge in [-0.25, -0.2) is 9.37 Å². The zero-order valence-electron chi connectivity index (χ0n) is 8.45. The Hall–Kier alpha value is -1.42. The van der Waals surface area contributed by atoms with Crippen molar-refractivity contribution in [3.05, 3.63) is 58.4 Å². The zero-order chi connectivity index (χ0) is 11.4. The van der Waals surface area contributed by atoms with Crippen molar-refractivity contribution < 1.29 is 4.39 Å². The van der Waals surface area contributed by atoms with Gasteiger partial charge < -0.3 is 5.32 Å². The molecule has 0 atom stereocenters. The molecule has 0 fully saturated rings. The van der Waals surface area contributed by atoms with E-state index in [1.165, 1.54) is 12.3 Å². The Labute approximate surface area is 102 Å². The van der Waals surface area contributed by atoms with Crippen molar-refractivity contribution in [1.29, 1.82) is 0 Å². The van der Waals surface area contributed by atoms with E-state index in [-0.39, 0.29) is 5.82 Å². The highest BCUT2D eigenvalue weighted by Crippen LogP contribution is 2.16. The van der Waals surface area contributed by atoms with Crippen LogP contribution < -0.4 is 5.32 Å². The first-order chi connectivity index (χ1) is 7.75. The maximum atomic E-state index is 12.6. The van der Waals surface area contributed by atoms with Crippen LogP contribution in [0.25, 0.3) is 0 Å². The predicted molar refractivity (Wildman–Crippen MR) is 65.7 cm³/mol. The molecule has 4 heteroatoms. The van der Waals surface area contributed by atoms with Crippen LogP contribution in [0.5, 0.6) is 0 Å². The summed E-state index contributed by atoms with van der Waals surface area (Å²) in [5.41, 5.74) is 1.13. The van der Waals surface area contributed by atoms with E-state index in [1.807, 2.05) is 24.3 Å². The molecule has 0 spiro atoms. The number of benzene rings is 1. The maximum Gasteiger partial charge on any atom is 0.141 e. The fourth-order valence-electron chi connectivity index (χ4n) is 1.31. The molecule has 2 aromatic rings. The number of halogens is 2. The lowest BCUT2D eigenvalue weighted by atomic mass is 10.2. The van der Waals surface area contributed by atoms with E-state index in [0.29, 0.717) is 12.4 Å². The van der Waals surface area contributed by atoms with Crippen LogP contribution in [0, 0.1) is 5.82 Å². The molecule has 1 N–H and O–H groups in total. The zero-order valence-corrected chi connectivity index (χ0v) is 10.0. The SMILES string of the molecule is Fc1ccc(NCc2ccccc2Br)nc1. The average molecular weight is 281 g/mol. The van der Waals surface area contributed by atoms with Gasteiger partial charge in [-0.2, -0.15) is 0 Å². The molecule has 1 aromatic heterocycles. The summed E-state index contributed by atoms with van der Waals surface area (Å²) in [7, 11) is 0. The van der Waals surface area contributed by atoms with E-state index in [4.69, 9.17) is 0 Å². The average Bonchev–Trinajstić information content (AvgIpc) is 2.30. The van der Waals surface area contributed by atoms with Crippen LogP contribution >= 0.6 is 15.9 Å². The molecule has 2 rings (SSSR count). The van der Waals surface area contributed by atoms with Gasteiger partial charge in [0, 0.05) is 11.0 Å². The molecule has 82 valence electrons. The molecule has 2 nitrogen and oxygen atoms in total. The number of anilines is 1. The lowest BCUT2D eigenvalue weighted by molar-refractivity contribution is 0.621. The molecule has 0 bridgehead atoms. The summed E-state index contributed by atoms with van der Waals surface area (Å²) in [6, 6.07) is 10.9. The van der Waals surface area contributed by atoms with Gasteiger partial charge in [0.25, 0.3) is 0 Å². The van der Waals surface area contributed by atoms with Gasteiger partial charge >= 0.3 is 0 Å². The van der Waals surface area contributed by atoms with Crippen LogP contribution in [-0.4, -0.2) is 4.98 Å². The van der Waals surface area contributed by atoms with Crippen molar-refractivity contribution in [3.8, 4) is 0 Å². The molecule has 16 heavy (non-hydrogen) atoms. The van der Waals surface area contributed by atoms with Gasteiger partial charge in [-0.3, -0.25) is 0 Å². The quantitative estimate of drug-likeness (QED) is 0.929. The summed E-state index contributed by atoms with van der Waals surface area (Å²) in [6.07, 6.45) is 1.20. The van der Waals surface area contributed by atoms with Crippen molar-refractivity contribution in [1.82, 2.24) is 4.98 Å². The Kier molecular flexibility index (Phi) is 3.51. The Bertz CT molecular complexity index is 471. The summed E-state index contributed by atoms with van der Waals surface area (Å²) in [4.78, 5) is 3.92. The van der Waals surface area contributed by atoms with Crippen molar-refractivity contribution in [2.75, 3.05) is 5.32 Å². The first kappa shape index (κ1) is 11.1. The molecular weight excluding hydrogens is 271 g/mol. The Morgan fingerprint density at radius 2 is 2.00 bits per heavy atom. The molecule has 0 aliphatic carbocycles. The summed E-state index contributed by atoms with van der Waals surface area (Å²) in [5, 5.41) is 3.12. The monoisotopic (exact) mass is 280 g/mol. The molecule has 1 heterocycles. The second kappa shape index (κ2) is 5.07. The summed E-state index contributed by atoms with van der Waals surface area (Å²) < 4.78 is 13.7. The standard InChI is InChI=1S/C12H10BrFN2/c13-11-4-2-1-3-9(11)7-15-12-6-5-10(14)8-16-12/h1-6,8H,7H2,(H,15,16). The number of nitrogens with zero attached hydrogens (tertiary/aromatic N) is 1. The fraction of sp³-hybridized carbons (Fsp3) is 0.0833. The Morgan fingerprint density at radius 1 is 1.19 bits per heavy atom. The second-order valence-corrected chi connectivity index (χ2v) is 4.16. The normalized spacial score (nSPS) is 10.1. The molecule has 0 amide bonds. The van der Waals surface area contributed by atoms with E-state index in [9.17, 15) is 4.39 Å². The molecule has 0 saturated heterocycles. The predicted octanol–water partition coefficient (Wildman–Crippen LogP) is 3.60. The van der Waals surface area contributed by atoms with Gasteiger partial charge in [0.05, 0.1) is 6.20 Å². The summed E-state index contributed by atoms with van der Waals surface area (Å²) in [6.45, 7) is 0.653. The van der Waals surface area contributed by atoms with E-state index in [0.717, 1.165) is 10.0 Å². The lowest BCUT2D eigenvalue weighted by Crippen LogP contribution is -2.01. The van der Waals surface area contributed by atoms with Gasteiger partial charge in [-0.15, -0.1) is 0 Å². The molecule has 1 aromatic carbocycles. The minimum absolute atomic E-state index is 0.327. The van der Waals surface area contributed by atoms with E-state index in [2.05, 4.69) is 26.2 Å². The van der Waals surface area contributed by atoms with E-state index < -0.39 is 0 Å². The van der Waals surface area contributed by atoms with E-state index in [1.54, 1.807) is 6.07 Å². The lowest BCUT2D eigenvalue weighted by Gasteiger charge is -2.06. The third kappa shape index (κ3) is 2.79. The number of hydrogen-bond acceptors (Lipinski definition) is 2. The van der Waals surface area contributed by atoms with Crippen molar-refractivity contribution in [2.24, 2.45) is 0 Å². The molecule has 0 aliphatic rings. The van der Waals surface area contributed by atoms with Gasteiger partial charge in [0.1, 0.15) is 11.6 Å². The molecule has 0 radical (unpaired) electrons. The van der Waals surface area contributed by atoms with Crippen molar-refractivity contribution in [3.63, 3.8) is 0 Å². The van der Waals surface area contributed by atoms with Crippen LogP contribution in [0.15, 0.2) is 47.1 Å². The van der Waals surface area contributed by atoms with Crippen molar-refractivity contribution in [2.45, 2.75) is 6.54 Å². The van der Waals surface area contributed by atoms with Gasteiger partial charge in [0.15, 0.2) is 0 Å². The number of nitrogens with one attached hydrogen (secondary N) is 1. The number of aromatic nitrogens is 1. The molecule has 0 unspecified atom stereocenters. The van der Waals surface area contributed by atoms with Crippen LogP contribution in [0.2, 0.25) is 0 Å². The summed E-state index contributed by atoms with van der Waals surface area (Å²) >= 11 is 3.46. The largest absolute Gasteiger partial charge is 0.366 e. The second-order valence-electron chi connectivity index (χ2n) is 3.31. The minimum atomic E-state index is -0.327. The van der Waals surface area contributed by atoms with Crippen LogP contribution in [0.3, 0.4) is 0 Å². The van der Waals surface area contributed by atoms with Crippen LogP contribution in [0.1, 0.15) is 5.56 Å². The Morgan fingerprint density at radius 3 is 2.69 bits per heavy atom. The van der Waals surface area contributed by atoms with Gasteiger partial charge in [-0.05, 0) is 23.8 Å². The van der Waals surface area contributed by atoms with Gasteiger partial charge in [-0.1, -0.05) is 34.1 Å². The highest BCUT2D eigenvalue weighted by Gasteiger charge is 1.99. The molecule has 0 aliphatic heterocycles. The van der Waals surface area contributed by atoms with Crippen molar-refractivity contribution >= 4 is 21.7 Å². The number of rotatable bonds is 3. The molecule has 0 saturated carbocycles. The first-order valence-corrected chi connectivity index (χ1v) is 5.64. The molecular formula is C12H10BrFN2.